The van der Waals surface area contributed by atoms with Crippen molar-refractivity contribution in [1.82, 2.24) is 9.71 Å². The molecule has 186 valence electrons. The summed E-state index contributed by atoms with van der Waals surface area (Å²) in [5.74, 6) is -4.19. The monoisotopic (exact) mass is 530 g/mol. The summed E-state index contributed by atoms with van der Waals surface area (Å²) in [5, 5.41) is 18.7. The molecule has 3 rings (SSSR count). The minimum Gasteiger partial charge on any atom is -0.478 e. The van der Waals surface area contributed by atoms with E-state index in [1.807, 2.05) is 4.72 Å². The first-order valence-corrected chi connectivity index (χ1v) is 12.1. The number of nitriles is 1. The number of rotatable bonds is 6. The zero-order valence-corrected chi connectivity index (χ0v) is 19.4. The Morgan fingerprint density at radius 1 is 1.26 bits per heavy atom. The van der Waals surface area contributed by atoms with E-state index >= 15 is 0 Å². The summed E-state index contributed by atoms with van der Waals surface area (Å²) in [6.07, 6.45) is -4.91. The highest BCUT2D eigenvalue weighted by molar-refractivity contribution is 7.89. The van der Waals surface area contributed by atoms with Gasteiger partial charge in [-0.2, -0.15) is 18.4 Å². The van der Waals surface area contributed by atoms with E-state index in [2.05, 4.69) is 4.98 Å². The number of sulfonamides is 1. The van der Waals surface area contributed by atoms with E-state index in [0.29, 0.717) is 16.7 Å². The first kappa shape index (κ1) is 26.2. The number of aromatic nitrogens is 1. The Morgan fingerprint density at radius 3 is 2.46 bits per heavy atom. The SMILES string of the molecule is N#Cc1cc(C(=O)O)c(C(F)(F)F)nc1N1CCC(C(=O)NS(=O)(=O)Cc2cccc(Cl)c2)CC1. The summed E-state index contributed by atoms with van der Waals surface area (Å²) in [7, 11) is -4.02. The summed E-state index contributed by atoms with van der Waals surface area (Å²) in [4.78, 5) is 28.5. The Morgan fingerprint density at radius 2 is 1.91 bits per heavy atom. The lowest BCUT2D eigenvalue weighted by Gasteiger charge is -2.33. The number of hydrogen-bond donors (Lipinski definition) is 2. The summed E-state index contributed by atoms with van der Waals surface area (Å²) < 4.78 is 66.8. The third-order valence-electron chi connectivity index (χ3n) is 5.29. The zero-order chi connectivity index (χ0) is 26.0. The summed E-state index contributed by atoms with van der Waals surface area (Å²) in [5.41, 5.74) is -2.75. The molecule has 9 nitrogen and oxygen atoms in total. The van der Waals surface area contributed by atoms with E-state index in [0.717, 1.165) is 0 Å². The number of aromatic carboxylic acids is 1. The van der Waals surface area contributed by atoms with Crippen molar-refractivity contribution in [2.45, 2.75) is 24.8 Å². The van der Waals surface area contributed by atoms with Crippen molar-refractivity contribution in [2.24, 2.45) is 5.92 Å². The fraction of sp³-hybridized carbons (Fsp3) is 0.333. The van der Waals surface area contributed by atoms with Gasteiger partial charge in [0.15, 0.2) is 5.69 Å². The van der Waals surface area contributed by atoms with E-state index in [-0.39, 0.29) is 37.3 Å². The Bertz CT molecular complexity index is 1300. The number of carbonyl (C=O) groups excluding carboxylic acids is 1. The number of benzene rings is 1. The molecule has 14 heteroatoms. The summed E-state index contributed by atoms with van der Waals surface area (Å²) >= 11 is 5.84. The highest BCUT2D eigenvalue weighted by atomic mass is 35.5. The molecule has 2 heterocycles. The molecule has 1 fully saturated rings. The van der Waals surface area contributed by atoms with Crippen molar-refractivity contribution in [2.75, 3.05) is 18.0 Å². The largest absolute Gasteiger partial charge is 0.478 e. The second-order valence-electron chi connectivity index (χ2n) is 7.79. The van der Waals surface area contributed by atoms with E-state index in [1.165, 1.54) is 11.0 Å². The van der Waals surface area contributed by atoms with Gasteiger partial charge in [-0.1, -0.05) is 23.7 Å². The van der Waals surface area contributed by atoms with Crippen LogP contribution >= 0.6 is 11.6 Å². The van der Waals surface area contributed by atoms with Crippen molar-refractivity contribution >= 4 is 39.3 Å². The molecule has 1 aromatic heterocycles. The number of alkyl halides is 3. The van der Waals surface area contributed by atoms with Gasteiger partial charge in [0.1, 0.15) is 11.9 Å². The minimum atomic E-state index is -5.06. The number of nitrogens with zero attached hydrogens (tertiary/aromatic N) is 3. The maximum atomic E-state index is 13.4. The van der Waals surface area contributed by atoms with Gasteiger partial charge in [-0.25, -0.2) is 18.2 Å². The van der Waals surface area contributed by atoms with Crippen LogP contribution in [0.4, 0.5) is 19.0 Å². The van der Waals surface area contributed by atoms with Crippen LogP contribution in [0.5, 0.6) is 0 Å². The first-order valence-electron chi connectivity index (χ1n) is 10.1. The second-order valence-corrected chi connectivity index (χ2v) is 9.95. The van der Waals surface area contributed by atoms with Gasteiger partial charge < -0.3 is 10.0 Å². The fourth-order valence-electron chi connectivity index (χ4n) is 3.68. The molecule has 2 aromatic rings. The Hall–Kier alpha value is -3.37. The number of halogens is 4. The third-order valence-corrected chi connectivity index (χ3v) is 6.75. The highest BCUT2D eigenvalue weighted by Crippen LogP contribution is 2.35. The van der Waals surface area contributed by atoms with Crippen LogP contribution in [0.1, 0.15) is 40.0 Å². The number of carboxylic acid groups (broad SMARTS) is 1. The molecule has 0 atom stereocenters. The lowest BCUT2D eigenvalue weighted by molar-refractivity contribution is -0.141. The van der Waals surface area contributed by atoms with Gasteiger partial charge in [0.25, 0.3) is 0 Å². The molecule has 1 saturated heterocycles. The minimum absolute atomic E-state index is 0.00216. The molecule has 0 unspecified atom stereocenters. The van der Waals surface area contributed by atoms with Crippen LogP contribution in [0.15, 0.2) is 30.3 Å². The molecule has 0 radical (unpaired) electrons. The fourth-order valence-corrected chi connectivity index (χ4v) is 5.06. The molecule has 1 aromatic carbocycles. The average molecular weight is 531 g/mol. The normalized spacial score (nSPS) is 14.9. The van der Waals surface area contributed by atoms with Crippen molar-refractivity contribution in [3.05, 3.63) is 57.7 Å². The van der Waals surface area contributed by atoms with Crippen molar-refractivity contribution in [3.63, 3.8) is 0 Å². The van der Waals surface area contributed by atoms with Crippen molar-refractivity contribution in [1.29, 1.82) is 5.26 Å². The van der Waals surface area contributed by atoms with Crippen LogP contribution in [0.3, 0.4) is 0 Å². The number of piperidine rings is 1. The predicted octanol–water partition coefficient (Wildman–Crippen LogP) is 3.19. The maximum Gasteiger partial charge on any atom is 0.434 e. The van der Waals surface area contributed by atoms with Gasteiger partial charge in [-0.3, -0.25) is 9.52 Å². The van der Waals surface area contributed by atoms with E-state index in [9.17, 15) is 36.4 Å². The van der Waals surface area contributed by atoms with Gasteiger partial charge in [0, 0.05) is 24.0 Å². The molecule has 35 heavy (non-hydrogen) atoms. The molecule has 0 spiro atoms. The molecule has 1 amide bonds. The number of nitrogens with one attached hydrogen (secondary N) is 1. The molecule has 1 aliphatic heterocycles. The third kappa shape index (κ3) is 6.40. The topological polar surface area (TPSA) is 140 Å². The molecular formula is C21H18ClF3N4O5S. The number of hydrogen-bond acceptors (Lipinski definition) is 7. The van der Waals surface area contributed by atoms with Crippen LogP contribution in [0, 0.1) is 17.2 Å². The second kappa shape index (κ2) is 10.1. The van der Waals surface area contributed by atoms with Gasteiger partial charge in [-0.15, -0.1) is 0 Å². The maximum absolute atomic E-state index is 13.4. The first-order chi connectivity index (χ1) is 16.3. The molecular weight excluding hydrogens is 513 g/mol. The molecule has 0 bridgehead atoms. The number of pyridine rings is 1. The smallest absolute Gasteiger partial charge is 0.434 e. The van der Waals surface area contributed by atoms with Crippen LogP contribution in [0.2, 0.25) is 5.02 Å². The van der Waals surface area contributed by atoms with Gasteiger partial charge in [-0.05, 0) is 36.6 Å². The number of carboxylic acids is 1. The zero-order valence-electron chi connectivity index (χ0n) is 17.8. The molecule has 0 saturated carbocycles. The number of anilines is 1. The van der Waals surface area contributed by atoms with Crippen LogP contribution in [0.25, 0.3) is 0 Å². The Kier molecular flexibility index (Phi) is 7.56. The van der Waals surface area contributed by atoms with Gasteiger partial charge in [0.2, 0.25) is 15.9 Å². The highest BCUT2D eigenvalue weighted by Gasteiger charge is 2.39. The predicted molar refractivity (Wildman–Crippen MR) is 118 cm³/mol. The van der Waals surface area contributed by atoms with Gasteiger partial charge >= 0.3 is 12.1 Å². The number of amides is 1. The lowest BCUT2D eigenvalue weighted by atomic mass is 9.96. The standard InChI is InChI=1S/C21H18ClF3N4O5S/c22-15-3-1-2-12(8-15)11-35(33,34)28-19(30)13-4-6-29(7-5-13)18-14(10-26)9-16(20(31)32)17(27-18)21(23,24)25/h1-3,8-9,13H,4-7,11H2,(H,28,30)(H,31,32). The van der Waals surface area contributed by atoms with E-state index in [4.69, 9.17) is 16.7 Å². The molecule has 1 aliphatic rings. The van der Waals surface area contributed by atoms with Crippen molar-refractivity contribution in [3.8, 4) is 6.07 Å². The summed E-state index contributed by atoms with van der Waals surface area (Å²) in [6, 6.07) is 8.41. The van der Waals surface area contributed by atoms with Crippen LogP contribution in [-0.4, -0.2) is 43.5 Å². The van der Waals surface area contributed by atoms with Crippen LogP contribution < -0.4 is 9.62 Å². The van der Waals surface area contributed by atoms with Crippen molar-refractivity contribution < 1.29 is 36.3 Å². The average Bonchev–Trinajstić information content (AvgIpc) is 2.77. The molecule has 2 N–H and O–H groups in total. The Balaban J connectivity index is 1.72. The lowest BCUT2D eigenvalue weighted by Crippen LogP contribution is -2.43. The van der Waals surface area contributed by atoms with Gasteiger partial charge in [0.05, 0.1) is 16.9 Å². The number of carbonyl (C=O) groups is 2. The van der Waals surface area contributed by atoms with E-state index < -0.39 is 51.0 Å². The summed E-state index contributed by atoms with van der Waals surface area (Å²) in [6.45, 7) is -0.00432. The quantitative estimate of drug-likeness (QED) is 0.580. The Labute approximate surface area is 203 Å². The van der Waals surface area contributed by atoms with Crippen LogP contribution in [-0.2, 0) is 26.7 Å². The van der Waals surface area contributed by atoms with E-state index in [1.54, 1.807) is 24.3 Å². The molecule has 0 aliphatic carbocycles.